The molecule has 0 radical (unpaired) electrons. The zero-order chi connectivity index (χ0) is 36.6. The van der Waals surface area contributed by atoms with E-state index < -0.39 is 5.41 Å². The summed E-state index contributed by atoms with van der Waals surface area (Å²) < 4.78 is 0. The van der Waals surface area contributed by atoms with Crippen LogP contribution in [0.5, 0.6) is 0 Å². The molecule has 0 heterocycles. The fourth-order valence-corrected chi connectivity index (χ4v) is 9.97. The number of nitrogens with zero attached hydrogens (tertiary/aromatic N) is 1. The Morgan fingerprint density at radius 2 is 0.963 bits per heavy atom. The quantitative estimate of drug-likeness (QED) is 0.174. The third-order valence-electron chi connectivity index (χ3n) is 12.2. The Balaban J connectivity index is 1.27. The van der Waals surface area contributed by atoms with E-state index in [-0.39, 0.29) is 5.41 Å². The van der Waals surface area contributed by atoms with Crippen molar-refractivity contribution in [3.8, 4) is 33.4 Å². The number of rotatable bonds is 5. The summed E-state index contributed by atoms with van der Waals surface area (Å²) in [6.07, 6.45) is 4.62. The van der Waals surface area contributed by atoms with Gasteiger partial charge in [0.1, 0.15) is 0 Å². The van der Waals surface area contributed by atoms with Gasteiger partial charge >= 0.3 is 0 Å². The van der Waals surface area contributed by atoms with Gasteiger partial charge in [-0.05, 0) is 91.9 Å². The SMILES string of the molecule is C=C(/C=C1\C(=C/C)c2ccccc2C1(C)C)N(c1ccccc1-c1ccccc1)c1cccc2c1-c1ccccc1C21c2ccccc2-c2ccccc21. The lowest BCUT2D eigenvalue weighted by Gasteiger charge is -2.33. The van der Waals surface area contributed by atoms with Crippen molar-refractivity contribution in [3.05, 3.63) is 233 Å². The summed E-state index contributed by atoms with van der Waals surface area (Å²) in [5, 5.41) is 0. The first-order valence-corrected chi connectivity index (χ1v) is 19.0. The van der Waals surface area contributed by atoms with Crippen LogP contribution in [0.4, 0.5) is 11.4 Å². The molecule has 0 aromatic heterocycles. The van der Waals surface area contributed by atoms with E-state index in [9.17, 15) is 0 Å². The summed E-state index contributed by atoms with van der Waals surface area (Å²) in [5.74, 6) is 0. The van der Waals surface area contributed by atoms with Crippen molar-refractivity contribution in [2.45, 2.75) is 31.6 Å². The van der Waals surface area contributed by atoms with Gasteiger partial charge in [0.25, 0.3) is 0 Å². The highest BCUT2D eigenvalue weighted by molar-refractivity contribution is 6.01. The monoisotopic (exact) mass is 691 g/mol. The first kappa shape index (κ1) is 32.2. The van der Waals surface area contributed by atoms with Crippen molar-refractivity contribution < 1.29 is 0 Å². The molecule has 3 aliphatic carbocycles. The number of fused-ring (bicyclic) bond motifs is 11. The maximum atomic E-state index is 4.97. The lowest BCUT2D eigenvalue weighted by molar-refractivity contribution is 0.660. The minimum atomic E-state index is -0.438. The highest BCUT2D eigenvalue weighted by atomic mass is 15.2. The van der Waals surface area contributed by atoms with Crippen molar-refractivity contribution >= 4 is 16.9 Å². The van der Waals surface area contributed by atoms with Crippen LogP contribution in [0.15, 0.2) is 200 Å². The van der Waals surface area contributed by atoms with Crippen LogP contribution in [0, 0.1) is 0 Å². The molecule has 0 unspecified atom stereocenters. The molecule has 10 rings (SSSR count). The number of hydrogen-bond donors (Lipinski definition) is 0. The fourth-order valence-electron chi connectivity index (χ4n) is 9.97. The largest absolute Gasteiger partial charge is 0.310 e. The Morgan fingerprint density at radius 3 is 1.61 bits per heavy atom. The van der Waals surface area contributed by atoms with E-state index in [1.807, 2.05) is 0 Å². The van der Waals surface area contributed by atoms with E-state index >= 15 is 0 Å². The number of anilines is 2. The molecule has 0 saturated heterocycles. The molecular weight excluding hydrogens is 651 g/mol. The average Bonchev–Trinajstić information content (AvgIpc) is 3.77. The van der Waals surface area contributed by atoms with Gasteiger partial charge < -0.3 is 4.90 Å². The average molecular weight is 692 g/mol. The summed E-state index contributed by atoms with van der Waals surface area (Å²) in [6, 6.07) is 62.5. The standard InChI is InChI=1S/C53H41N/c1-5-37-39-23-9-14-27-43(39)52(3,4)48(37)34-35(2)54(49-32-18-13-22-38(49)36-20-7-6-8-21-36)50-33-19-31-47-51(50)42-26-12-17-30-46(42)53(47)44-28-15-10-24-40(44)41-25-11-16-29-45(41)53/h5-34H,2H2,1,3-4H3/b37-5-,48-34+. The highest BCUT2D eigenvalue weighted by Crippen LogP contribution is 2.64. The Hall–Kier alpha value is -6.44. The third kappa shape index (κ3) is 4.33. The Morgan fingerprint density at radius 1 is 0.481 bits per heavy atom. The fraction of sp³-hybridized carbons (Fsp3) is 0.0943. The summed E-state index contributed by atoms with van der Waals surface area (Å²) >= 11 is 0. The van der Waals surface area contributed by atoms with E-state index in [1.165, 1.54) is 72.3 Å². The van der Waals surface area contributed by atoms with Crippen LogP contribution in [0.2, 0.25) is 0 Å². The van der Waals surface area contributed by atoms with Crippen molar-refractivity contribution in [2.75, 3.05) is 4.90 Å². The van der Waals surface area contributed by atoms with E-state index in [2.05, 4.69) is 208 Å². The minimum Gasteiger partial charge on any atom is -0.310 e. The maximum absolute atomic E-state index is 4.97. The van der Waals surface area contributed by atoms with Gasteiger partial charge in [-0.3, -0.25) is 0 Å². The Kier molecular flexibility index (Phi) is 7.19. The van der Waals surface area contributed by atoms with E-state index in [4.69, 9.17) is 6.58 Å². The molecule has 7 aromatic carbocycles. The van der Waals surface area contributed by atoms with Crippen molar-refractivity contribution in [1.29, 1.82) is 0 Å². The Labute approximate surface area is 318 Å². The maximum Gasteiger partial charge on any atom is 0.0726 e. The molecule has 0 atom stereocenters. The third-order valence-corrected chi connectivity index (χ3v) is 12.2. The lowest BCUT2D eigenvalue weighted by atomic mass is 9.70. The second-order valence-electron chi connectivity index (χ2n) is 15.2. The smallest absolute Gasteiger partial charge is 0.0726 e. The topological polar surface area (TPSA) is 3.24 Å². The second-order valence-corrected chi connectivity index (χ2v) is 15.2. The van der Waals surface area contributed by atoms with E-state index in [0.29, 0.717) is 0 Å². The predicted molar refractivity (Wildman–Crippen MR) is 227 cm³/mol. The molecule has 1 spiro atoms. The molecule has 0 saturated carbocycles. The lowest BCUT2D eigenvalue weighted by Crippen LogP contribution is -2.26. The molecule has 1 heteroatoms. The minimum absolute atomic E-state index is 0.196. The van der Waals surface area contributed by atoms with Gasteiger partial charge in [0, 0.05) is 22.2 Å². The molecule has 54 heavy (non-hydrogen) atoms. The molecule has 3 aliphatic rings. The second kappa shape index (κ2) is 12.0. The highest BCUT2D eigenvalue weighted by Gasteiger charge is 2.52. The molecular formula is C53H41N. The van der Waals surface area contributed by atoms with Crippen LogP contribution < -0.4 is 4.90 Å². The van der Waals surface area contributed by atoms with Crippen LogP contribution in [0.25, 0.3) is 39.0 Å². The van der Waals surface area contributed by atoms with Crippen molar-refractivity contribution in [2.24, 2.45) is 0 Å². The van der Waals surface area contributed by atoms with Crippen LogP contribution in [0.3, 0.4) is 0 Å². The molecule has 258 valence electrons. The number of allylic oxidation sites excluding steroid dienone is 4. The zero-order valence-electron chi connectivity index (χ0n) is 31.0. The Bertz CT molecular complexity index is 2680. The number of benzene rings is 7. The number of para-hydroxylation sites is 1. The van der Waals surface area contributed by atoms with Gasteiger partial charge in [0.2, 0.25) is 0 Å². The molecule has 0 amide bonds. The van der Waals surface area contributed by atoms with E-state index in [0.717, 1.165) is 22.6 Å². The van der Waals surface area contributed by atoms with Crippen LogP contribution >= 0.6 is 0 Å². The van der Waals surface area contributed by atoms with Crippen molar-refractivity contribution in [3.63, 3.8) is 0 Å². The molecule has 0 fully saturated rings. The van der Waals surface area contributed by atoms with Gasteiger partial charge in [0.15, 0.2) is 0 Å². The zero-order valence-corrected chi connectivity index (χ0v) is 31.0. The molecule has 0 N–H and O–H groups in total. The summed E-state index contributed by atoms with van der Waals surface area (Å²) in [5.41, 5.74) is 20.5. The molecule has 0 aliphatic heterocycles. The first-order chi connectivity index (χ1) is 26.5. The molecule has 7 aromatic rings. The van der Waals surface area contributed by atoms with Crippen LogP contribution in [-0.2, 0) is 10.8 Å². The van der Waals surface area contributed by atoms with E-state index in [1.54, 1.807) is 0 Å². The predicted octanol–water partition coefficient (Wildman–Crippen LogP) is 13.7. The van der Waals surface area contributed by atoms with Crippen LogP contribution in [-0.4, -0.2) is 0 Å². The van der Waals surface area contributed by atoms with Crippen LogP contribution in [0.1, 0.15) is 54.2 Å². The molecule has 1 nitrogen and oxygen atoms in total. The summed E-state index contributed by atoms with van der Waals surface area (Å²) in [6.45, 7) is 11.8. The first-order valence-electron chi connectivity index (χ1n) is 19.0. The number of hydrogen-bond acceptors (Lipinski definition) is 1. The molecule has 0 bridgehead atoms. The van der Waals surface area contributed by atoms with Gasteiger partial charge in [-0.25, -0.2) is 0 Å². The summed E-state index contributed by atoms with van der Waals surface area (Å²) in [4.78, 5) is 2.43. The van der Waals surface area contributed by atoms with Gasteiger partial charge in [-0.2, -0.15) is 0 Å². The summed E-state index contributed by atoms with van der Waals surface area (Å²) in [7, 11) is 0. The van der Waals surface area contributed by atoms with Gasteiger partial charge in [-0.15, -0.1) is 0 Å². The van der Waals surface area contributed by atoms with Gasteiger partial charge in [0.05, 0.1) is 16.8 Å². The van der Waals surface area contributed by atoms with Gasteiger partial charge in [-0.1, -0.05) is 184 Å². The van der Waals surface area contributed by atoms with Crippen molar-refractivity contribution in [1.82, 2.24) is 0 Å². The normalized spacial score (nSPS) is 16.5.